The molecule has 5 rings (SSSR count). The van der Waals surface area contributed by atoms with E-state index in [0.29, 0.717) is 5.70 Å². The van der Waals surface area contributed by atoms with Crippen molar-refractivity contribution < 1.29 is 0 Å². The van der Waals surface area contributed by atoms with Crippen molar-refractivity contribution in [3.8, 4) is 11.1 Å². The Hall–Kier alpha value is -3.58. The SMILES string of the molecule is C=C(N)c1ccc(C2(c3ccccc3)c3ccccc3-c3ccccc32)cc1. The number of hydrogen-bond donors (Lipinski definition) is 1. The largest absolute Gasteiger partial charge is 0.399 e. The van der Waals surface area contributed by atoms with Gasteiger partial charge < -0.3 is 5.73 Å². The molecule has 0 bridgehead atoms. The molecule has 1 nitrogen and oxygen atoms in total. The Balaban J connectivity index is 1.90. The van der Waals surface area contributed by atoms with Gasteiger partial charge in [0.25, 0.3) is 0 Å². The van der Waals surface area contributed by atoms with Crippen molar-refractivity contribution in [3.63, 3.8) is 0 Å². The minimum Gasteiger partial charge on any atom is -0.399 e. The number of rotatable bonds is 3. The molecule has 0 saturated heterocycles. The molecule has 1 aliphatic carbocycles. The predicted octanol–water partition coefficient (Wildman–Crippen LogP) is 5.98. The van der Waals surface area contributed by atoms with Crippen LogP contribution < -0.4 is 5.73 Å². The quantitative estimate of drug-likeness (QED) is 0.421. The van der Waals surface area contributed by atoms with Crippen molar-refractivity contribution in [1.29, 1.82) is 0 Å². The minimum atomic E-state index is -0.344. The second kappa shape index (κ2) is 6.24. The average molecular weight is 359 g/mol. The topological polar surface area (TPSA) is 26.0 Å². The molecular weight excluding hydrogens is 338 g/mol. The Morgan fingerprint density at radius 2 is 1.04 bits per heavy atom. The van der Waals surface area contributed by atoms with Gasteiger partial charge in [-0.2, -0.15) is 0 Å². The van der Waals surface area contributed by atoms with Crippen LogP contribution in [0.5, 0.6) is 0 Å². The molecular formula is C27H21N. The second-order valence-electron chi connectivity index (χ2n) is 7.31. The fourth-order valence-electron chi connectivity index (χ4n) is 4.65. The first-order chi connectivity index (χ1) is 13.7. The molecule has 0 aromatic heterocycles. The molecule has 0 amide bonds. The summed E-state index contributed by atoms with van der Waals surface area (Å²) >= 11 is 0. The van der Waals surface area contributed by atoms with Crippen molar-refractivity contribution in [2.75, 3.05) is 0 Å². The standard InChI is InChI=1S/C27H21N/c1-19(28)20-15-17-22(18-16-20)27(21-9-3-2-4-10-21)25-13-7-5-11-23(25)24-12-6-8-14-26(24)27/h2-18H,1,28H2. The first-order valence-corrected chi connectivity index (χ1v) is 9.53. The summed E-state index contributed by atoms with van der Waals surface area (Å²) in [4.78, 5) is 0. The number of fused-ring (bicyclic) bond motifs is 3. The Labute approximate surface area is 165 Å². The van der Waals surface area contributed by atoms with Crippen LogP contribution in [-0.2, 0) is 5.41 Å². The molecule has 1 heteroatoms. The van der Waals surface area contributed by atoms with Crippen LogP contribution in [0.4, 0.5) is 0 Å². The lowest BCUT2D eigenvalue weighted by atomic mass is 9.67. The van der Waals surface area contributed by atoms with Crippen molar-refractivity contribution in [3.05, 3.63) is 138 Å². The Bertz CT molecular complexity index is 1120. The van der Waals surface area contributed by atoms with E-state index in [1.54, 1.807) is 0 Å². The average Bonchev–Trinajstić information content (AvgIpc) is 3.06. The highest BCUT2D eigenvalue weighted by molar-refractivity contribution is 5.86. The smallest absolute Gasteiger partial charge is 0.0713 e. The molecule has 0 fully saturated rings. The van der Waals surface area contributed by atoms with Gasteiger partial charge in [-0.1, -0.05) is 110 Å². The predicted molar refractivity (Wildman–Crippen MR) is 117 cm³/mol. The summed E-state index contributed by atoms with van der Waals surface area (Å²) in [6.07, 6.45) is 0. The maximum absolute atomic E-state index is 5.92. The highest BCUT2D eigenvalue weighted by Gasteiger charge is 2.45. The normalized spacial score (nSPS) is 13.6. The van der Waals surface area contributed by atoms with Crippen LogP contribution >= 0.6 is 0 Å². The summed E-state index contributed by atoms with van der Waals surface area (Å²) in [6.45, 7) is 3.88. The Morgan fingerprint density at radius 1 is 0.571 bits per heavy atom. The van der Waals surface area contributed by atoms with Crippen LogP contribution in [0.1, 0.15) is 27.8 Å². The number of nitrogens with two attached hydrogens (primary N) is 1. The van der Waals surface area contributed by atoms with E-state index in [-0.39, 0.29) is 5.41 Å². The number of benzene rings is 4. The molecule has 0 aliphatic heterocycles. The third kappa shape index (κ3) is 2.20. The minimum absolute atomic E-state index is 0.344. The third-order valence-corrected chi connectivity index (χ3v) is 5.85. The third-order valence-electron chi connectivity index (χ3n) is 5.85. The van der Waals surface area contributed by atoms with Gasteiger partial charge in [-0.15, -0.1) is 0 Å². The Kier molecular flexibility index (Phi) is 3.70. The van der Waals surface area contributed by atoms with Gasteiger partial charge in [-0.25, -0.2) is 0 Å². The summed E-state index contributed by atoms with van der Waals surface area (Å²) in [6, 6.07) is 36.8. The van der Waals surface area contributed by atoms with E-state index in [1.807, 2.05) is 0 Å². The van der Waals surface area contributed by atoms with Gasteiger partial charge in [-0.3, -0.25) is 0 Å². The molecule has 0 saturated carbocycles. The van der Waals surface area contributed by atoms with E-state index in [0.717, 1.165) is 5.56 Å². The van der Waals surface area contributed by atoms with Crippen molar-refractivity contribution in [2.24, 2.45) is 5.73 Å². The molecule has 2 N–H and O–H groups in total. The fourth-order valence-corrected chi connectivity index (χ4v) is 4.65. The lowest BCUT2D eigenvalue weighted by Gasteiger charge is -2.34. The summed E-state index contributed by atoms with van der Waals surface area (Å²) in [5, 5.41) is 0. The van der Waals surface area contributed by atoms with Gasteiger partial charge in [0.05, 0.1) is 5.41 Å². The maximum atomic E-state index is 5.92. The molecule has 0 unspecified atom stereocenters. The molecule has 4 aromatic carbocycles. The maximum Gasteiger partial charge on any atom is 0.0713 e. The van der Waals surface area contributed by atoms with Crippen LogP contribution in [0.2, 0.25) is 0 Å². The van der Waals surface area contributed by atoms with Crippen molar-refractivity contribution >= 4 is 5.70 Å². The van der Waals surface area contributed by atoms with Gasteiger partial charge in [0.1, 0.15) is 0 Å². The van der Waals surface area contributed by atoms with Crippen molar-refractivity contribution in [1.82, 2.24) is 0 Å². The lowest BCUT2D eigenvalue weighted by molar-refractivity contribution is 0.768. The second-order valence-corrected chi connectivity index (χ2v) is 7.31. The molecule has 0 atom stereocenters. The summed E-state index contributed by atoms with van der Waals surface area (Å²) in [5.74, 6) is 0. The van der Waals surface area contributed by atoms with Crippen LogP contribution in [0, 0.1) is 0 Å². The van der Waals surface area contributed by atoms with Gasteiger partial charge in [0.2, 0.25) is 0 Å². The molecule has 134 valence electrons. The van der Waals surface area contributed by atoms with E-state index in [4.69, 9.17) is 5.73 Å². The molecule has 0 spiro atoms. The van der Waals surface area contributed by atoms with E-state index in [9.17, 15) is 0 Å². The zero-order valence-electron chi connectivity index (χ0n) is 15.6. The molecule has 0 radical (unpaired) electrons. The van der Waals surface area contributed by atoms with E-state index < -0.39 is 0 Å². The van der Waals surface area contributed by atoms with Gasteiger partial charge in [0.15, 0.2) is 0 Å². The first-order valence-electron chi connectivity index (χ1n) is 9.53. The number of hydrogen-bond acceptors (Lipinski definition) is 1. The van der Waals surface area contributed by atoms with E-state index in [1.165, 1.54) is 33.4 Å². The lowest BCUT2D eigenvalue weighted by Crippen LogP contribution is -2.28. The van der Waals surface area contributed by atoms with Crippen LogP contribution in [0.3, 0.4) is 0 Å². The molecule has 28 heavy (non-hydrogen) atoms. The molecule has 1 aliphatic rings. The highest BCUT2D eigenvalue weighted by Crippen LogP contribution is 2.55. The first kappa shape index (κ1) is 16.6. The molecule has 0 heterocycles. The highest BCUT2D eigenvalue weighted by atomic mass is 14.6. The molecule has 4 aromatic rings. The monoisotopic (exact) mass is 359 g/mol. The van der Waals surface area contributed by atoms with Crippen LogP contribution in [0.25, 0.3) is 16.8 Å². The van der Waals surface area contributed by atoms with E-state index >= 15 is 0 Å². The van der Waals surface area contributed by atoms with E-state index in [2.05, 4.69) is 110 Å². The van der Waals surface area contributed by atoms with Crippen LogP contribution in [-0.4, -0.2) is 0 Å². The zero-order valence-corrected chi connectivity index (χ0v) is 15.6. The van der Waals surface area contributed by atoms with Gasteiger partial charge >= 0.3 is 0 Å². The summed E-state index contributed by atoms with van der Waals surface area (Å²) < 4.78 is 0. The van der Waals surface area contributed by atoms with Crippen molar-refractivity contribution in [2.45, 2.75) is 5.41 Å². The van der Waals surface area contributed by atoms with Crippen LogP contribution in [0.15, 0.2) is 110 Å². The zero-order chi connectivity index (χ0) is 19.1. The fraction of sp³-hybridized carbons (Fsp3) is 0.0370. The summed E-state index contributed by atoms with van der Waals surface area (Å²) in [7, 11) is 0. The summed E-state index contributed by atoms with van der Waals surface area (Å²) in [5.41, 5.74) is 14.9. The van der Waals surface area contributed by atoms with Gasteiger partial charge in [-0.05, 0) is 38.9 Å². The van der Waals surface area contributed by atoms with Gasteiger partial charge in [0, 0.05) is 5.70 Å². The Morgan fingerprint density at radius 3 is 1.57 bits per heavy atom.